The first kappa shape index (κ1) is 10.8. The Bertz CT molecular complexity index is 227. The summed E-state index contributed by atoms with van der Waals surface area (Å²) in [5.74, 6) is 0.346. The minimum Gasteiger partial charge on any atom is -0.558 e. The summed E-state index contributed by atoms with van der Waals surface area (Å²) >= 11 is 0. The average molecular weight is 264 g/mol. The summed E-state index contributed by atoms with van der Waals surface area (Å²) in [5, 5.41) is 0. The minimum absolute atomic E-state index is 0. The van der Waals surface area contributed by atoms with E-state index in [4.69, 9.17) is 0 Å². The number of hydrogen-bond acceptors (Lipinski definition) is 3. The third-order valence-electron chi connectivity index (χ3n) is 0.923. The molecule has 11 heavy (non-hydrogen) atoms. The molecule has 62 valence electrons. The van der Waals surface area contributed by atoms with E-state index in [2.05, 4.69) is 4.52 Å². The molecule has 0 aliphatic heterocycles. The van der Waals surface area contributed by atoms with E-state index in [0.717, 1.165) is 0 Å². The van der Waals surface area contributed by atoms with E-state index in [9.17, 15) is 9.46 Å². The molecule has 0 N–H and O–H groups in total. The largest absolute Gasteiger partial charge is 1.00 e. The van der Waals surface area contributed by atoms with E-state index in [1.165, 1.54) is 0 Å². The van der Waals surface area contributed by atoms with Crippen molar-refractivity contribution in [3.8, 4) is 5.75 Å². The predicted molar refractivity (Wildman–Crippen MR) is 34.7 cm³/mol. The zero-order chi connectivity index (χ0) is 7.40. The molecule has 0 fully saturated rings. The molecule has 0 aliphatic rings. The first-order valence-electron chi connectivity index (χ1n) is 2.66. The van der Waals surface area contributed by atoms with Crippen LogP contribution in [0.4, 0.5) is 0 Å². The maximum atomic E-state index is 9.98. The van der Waals surface area contributed by atoms with Gasteiger partial charge in [-0.25, -0.2) is 0 Å². The molecular formula is C6H5AgO3P+. The fourth-order valence-electron chi connectivity index (χ4n) is 0.567. The van der Waals surface area contributed by atoms with Gasteiger partial charge in [0.15, 0.2) is 5.75 Å². The number of rotatable bonds is 2. The fourth-order valence-corrected chi connectivity index (χ4v) is 0.861. The molecule has 1 aromatic carbocycles. The van der Waals surface area contributed by atoms with Crippen molar-refractivity contribution in [2.45, 2.75) is 0 Å². The second kappa shape index (κ2) is 5.47. The Morgan fingerprint density at radius 1 is 1.27 bits per heavy atom. The predicted octanol–water partition coefficient (Wildman–Crippen LogP) is 1.08. The van der Waals surface area contributed by atoms with E-state index in [1.807, 2.05) is 0 Å². The van der Waals surface area contributed by atoms with Gasteiger partial charge in [0.25, 0.3) is 0 Å². The molecular weight excluding hydrogens is 259 g/mol. The zero-order valence-electron chi connectivity index (χ0n) is 5.36. The van der Waals surface area contributed by atoms with Crippen molar-refractivity contribution in [2.24, 2.45) is 0 Å². The smallest absolute Gasteiger partial charge is 0.558 e. The molecule has 0 saturated heterocycles. The second-order valence-corrected chi connectivity index (χ2v) is 2.26. The van der Waals surface area contributed by atoms with Crippen LogP contribution in [-0.2, 0) is 26.9 Å². The Hall–Kier alpha value is -0.180. The summed E-state index contributed by atoms with van der Waals surface area (Å²) in [6.45, 7) is 0. The fraction of sp³-hybridized carbons (Fsp3) is 0. The Kier molecular flexibility index (Phi) is 5.38. The molecule has 3 nitrogen and oxygen atoms in total. The first-order valence-corrected chi connectivity index (χ1v) is 3.76. The van der Waals surface area contributed by atoms with Gasteiger partial charge in [0.1, 0.15) is 0 Å². The molecule has 1 atom stereocenters. The number of hydrogen-bond donors (Lipinski definition) is 0. The Balaban J connectivity index is 0.000001000. The van der Waals surface area contributed by atoms with Crippen LogP contribution in [-0.4, -0.2) is 0 Å². The maximum absolute atomic E-state index is 9.98. The molecule has 0 aromatic heterocycles. The second-order valence-electron chi connectivity index (χ2n) is 1.63. The molecule has 0 spiro atoms. The van der Waals surface area contributed by atoms with Gasteiger partial charge in [0.2, 0.25) is 0 Å². The molecule has 1 rings (SSSR count). The molecule has 1 aromatic rings. The van der Waals surface area contributed by atoms with E-state index in [-0.39, 0.29) is 22.4 Å². The van der Waals surface area contributed by atoms with Crippen LogP contribution in [0.25, 0.3) is 0 Å². The summed E-state index contributed by atoms with van der Waals surface area (Å²) in [7, 11) is -2.78. The molecule has 0 amide bonds. The number of benzene rings is 1. The van der Waals surface area contributed by atoms with Gasteiger partial charge in [-0.15, -0.1) is 0 Å². The monoisotopic (exact) mass is 263 g/mol. The van der Waals surface area contributed by atoms with E-state index in [0.29, 0.717) is 5.75 Å². The van der Waals surface area contributed by atoms with Crippen molar-refractivity contribution in [1.82, 2.24) is 0 Å². The molecule has 0 saturated carbocycles. The third-order valence-corrected chi connectivity index (χ3v) is 1.28. The van der Waals surface area contributed by atoms with E-state index in [1.54, 1.807) is 30.3 Å². The Labute approximate surface area is 80.9 Å². The molecule has 1 unspecified atom stereocenters. The normalized spacial score (nSPS) is 9.73. The standard InChI is InChI=1S/C6H5O3P.Ag/c7-10(8)9-6-4-2-1-3-5-6;/h1-5H;/q;+1. The van der Waals surface area contributed by atoms with Crippen LogP contribution in [0.1, 0.15) is 0 Å². The van der Waals surface area contributed by atoms with Crippen LogP contribution in [0.15, 0.2) is 30.3 Å². The summed E-state index contributed by atoms with van der Waals surface area (Å²) < 4.78 is 14.4. The van der Waals surface area contributed by atoms with Gasteiger partial charge in [-0.3, -0.25) is 4.52 Å². The van der Waals surface area contributed by atoms with Crippen LogP contribution in [0, 0.1) is 0 Å². The molecule has 0 radical (unpaired) electrons. The summed E-state index contributed by atoms with van der Waals surface area (Å²) in [5.41, 5.74) is 0. The minimum atomic E-state index is -2.78. The summed E-state index contributed by atoms with van der Waals surface area (Å²) in [6, 6.07) is 8.34. The molecule has 0 heterocycles. The maximum Gasteiger partial charge on any atom is 1.00 e. The first-order chi connectivity index (χ1) is 4.79. The van der Waals surface area contributed by atoms with Crippen molar-refractivity contribution in [2.75, 3.05) is 0 Å². The van der Waals surface area contributed by atoms with Crippen LogP contribution < -0.4 is 9.42 Å². The topological polar surface area (TPSA) is 49.4 Å². The molecule has 0 aliphatic carbocycles. The van der Waals surface area contributed by atoms with E-state index < -0.39 is 8.25 Å². The van der Waals surface area contributed by atoms with Crippen molar-refractivity contribution in [3.63, 3.8) is 0 Å². The number of para-hydroxylation sites is 1. The van der Waals surface area contributed by atoms with Gasteiger partial charge < -0.3 is 4.89 Å². The van der Waals surface area contributed by atoms with Gasteiger partial charge >= 0.3 is 30.6 Å². The van der Waals surface area contributed by atoms with Gasteiger partial charge in [-0.1, -0.05) is 18.2 Å². The van der Waals surface area contributed by atoms with Gasteiger partial charge in [-0.2, -0.15) is 0 Å². The van der Waals surface area contributed by atoms with Gasteiger partial charge in [0.05, 0.1) is 0 Å². The van der Waals surface area contributed by atoms with Gasteiger partial charge in [-0.05, 0) is 16.7 Å². The van der Waals surface area contributed by atoms with Crippen LogP contribution in [0.2, 0.25) is 0 Å². The summed E-state index contributed by atoms with van der Waals surface area (Å²) in [6.07, 6.45) is 0. The van der Waals surface area contributed by atoms with Crippen molar-refractivity contribution < 1.29 is 36.4 Å². The Morgan fingerprint density at radius 2 is 1.82 bits per heavy atom. The SMILES string of the molecule is O=[P+]([O-])Oc1ccccc1.[Ag+]. The van der Waals surface area contributed by atoms with Crippen LogP contribution >= 0.6 is 8.25 Å². The van der Waals surface area contributed by atoms with Crippen LogP contribution in [0.5, 0.6) is 5.75 Å². The van der Waals surface area contributed by atoms with E-state index >= 15 is 0 Å². The van der Waals surface area contributed by atoms with Crippen molar-refractivity contribution in [1.29, 1.82) is 0 Å². The molecule has 5 heteroatoms. The Morgan fingerprint density at radius 3 is 2.27 bits per heavy atom. The van der Waals surface area contributed by atoms with Crippen LogP contribution in [0.3, 0.4) is 0 Å². The molecule has 0 bridgehead atoms. The van der Waals surface area contributed by atoms with Gasteiger partial charge in [0, 0.05) is 0 Å². The quantitative estimate of drug-likeness (QED) is 0.593. The average Bonchev–Trinajstić information content (AvgIpc) is 1.88. The third kappa shape index (κ3) is 4.30. The summed E-state index contributed by atoms with van der Waals surface area (Å²) in [4.78, 5) is 9.98. The van der Waals surface area contributed by atoms with Crippen molar-refractivity contribution >= 4 is 8.25 Å². The van der Waals surface area contributed by atoms with Crippen molar-refractivity contribution in [3.05, 3.63) is 30.3 Å². The zero-order valence-corrected chi connectivity index (χ0v) is 7.74.